The van der Waals surface area contributed by atoms with Gasteiger partial charge in [-0.3, -0.25) is 0 Å². The molecule has 0 fully saturated rings. The van der Waals surface area contributed by atoms with Crippen LogP contribution in [0.2, 0.25) is 0 Å². The monoisotopic (exact) mass is 268 g/mol. The van der Waals surface area contributed by atoms with Crippen LogP contribution in [0.3, 0.4) is 0 Å². The molecule has 1 N–H and O–H groups in total. The third-order valence-corrected chi connectivity index (χ3v) is 2.63. The molecule has 1 heterocycles. The lowest BCUT2D eigenvalue weighted by Gasteiger charge is -2.20. The predicted molar refractivity (Wildman–Crippen MR) is 56.9 cm³/mol. The van der Waals surface area contributed by atoms with Crippen LogP contribution in [0.4, 0.5) is 18.9 Å². The molecule has 0 amide bonds. The van der Waals surface area contributed by atoms with E-state index in [0.29, 0.717) is 5.56 Å². The lowest BCUT2D eigenvalue weighted by molar-refractivity contribution is -0.137. The van der Waals surface area contributed by atoms with Gasteiger partial charge in [0.25, 0.3) is 0 Å². The second-order valence-corrected chi connectivity index (χ2v) is 3.95. The molecule has 2 nitrogen and oxygen atoms in total. The average molecular weight is 269 g/mol. The van der Waals surface area contributed by atoms with Gasteiger partial charge in [-0.05, 0) is 23.7 Å². The molecule has 2 rings (SSSR count). The van der Waals surface area contributed by atoms with E-state index < -0.39 is 17.2 Å². The number of fused-ring (bicyclic) bond motifs is 1. The smallest absolute Gasteiger partial charge is 0.330 e. The van der Waals surface area contributed by atoms with Crippen LogP contribution in [-0.4, -0.2) is 5.29 Å². The van der Waals surface area contributed by atoms with E-state index in [0.717, 1.165) is 12.1 Å². The van der Waals surface area contributed by atoms with Crippen LogP contribution < -0.4 is 5.32 Å². The highest BCUT2D eigenvalue weighted by Crippen LogP contribution is 2.38. The molecule has 0 radical (unpaired) electrons. The van der Waals surface area contributed by atoms with Crippen molar-refractivity contribution in [3.63, 3.8) is 0 Å². The van der Waals surface area contributed by atoms with E-state index in [1.54, 1.807) is 0 Å². The van der Waals surface area contributed by atoms with Crippen molar-refractivity contribution in [1.29, 1.82) is 0 Å². The quantitative estimate of drug-likeness (QED) is 0.559. The minimum Gasteiger partial charge on any atom is -0.330 e. The van der Waals surface area contributed by atoms with Crippen LogP contribution in [0.5, 0.6) is 0 Å². The molecule has 0 saturated carbocycles. The minimum absolute atomic E-state index is 0.0215. The zero-order valence-electron chi connectivity index (χ0n) is 7.65. The molecule has 16 heavy (non-hydrogen) atoms. The molecule has 0 spiro atoms. The van der Waals surface area contributed by atoms with Crippen molar-refractivity contribution >= 4 is 34.2 Å². The first-order valence-corrected chi connectivity index (χ1v) is 5.05. The molecule has 1 aliphatic rings. The first kappa shape index (κ1) is 11.5. The fourth-order valence-electron chi connectivity index (χ4n) is 1.36. The Morgan fingerprint density at radius 2 is 2.00 bits per heavy atom. The van der Waals surface area contributed by atoms with Gasteiger partial charge < -0.3 is 5.32 Å². The van der Waals surface area contributed by atoms with Crippen molar-refractivity contribution < 1.29 is 13.2 Å². The first-order valence-electron chi connectivity index (χ1n) is 4.23. The third-order valence-electron chi connectivity index (χ3n) is 2.10. The second kappa shape index (κ2) is 3.82. The number of halogens is 5. The topological polar surface area (TPSA) is 24.4 Å². The zero-order valence-corrected chi connectivity index (χ0v) is 9.16. The Kier molecular flexibility index (Phi) is 2.75. The molecule has 1 aliphatic heterocycles. The van der Waals surface area contributed by atoms with Gasteiger partial charge in [0.1, 0.15) is 0 Å². The number of hydrogen-bond acceptors (Lipinski definition) is 2. The Bertz CT molecular complexity index is 457. The summed E-state index contributed by atoms with van der Waals surface area (Å²) in [5, 5.41) is 2.51. The van der Waals surface area contributed by atoms with E-state index >= 15 is 0 Å². The lowest BCUT2D eigenvalue weighted by atomic mass is 10.1. The van der Waals surface area contributed by atoms with Gasteiger partial charge in [0, 0.05) is 11.3 Å². The highest BCUT2D eigenvalue weighted by molar-refractivity contribution is 6.68. The number of rotatable bonds is 0. The van der Waals surface area contributed by atoms with Gasteiger partial charge in [0.05, 0.1) is 5.56 Å². The lowest BCUT2D eigenvalue weighted by Crippen LogP contribution is -2.15. The number of hydrogen-bond donors (Lipinski definition) is 1. The van der Waals surface area contributed by atoms with E-state index in [1.807, 2.05) is 0 Å². The summed E-state index contributed by atoms with van der Waals surface area (Å²) in [5.74, 6) is 0. The molecule has 0 bridgehead atoms. The molecule has 0 aliphatic carbocycles. The molecule has 86 valence electrons. The Morgan fingerprint density at radius 1 is 1.31 bits per heavy atom. The Morgan fingerprint density at radius 3 is 2.62 bits per heavy atom. The average Bonchev–Trinajstić information content (AvgIpc) is 2.15. The van der Waals surface area contributed by atoms with E-state index in [4.69, 9.17) is 23.2 Å². The molecule has 0 unspecified atom stereocenters. The normalized spacial score (nSPS) is 19.8. The number of amidine groups is 1. The van der Waals surface area contributed by atoms with Gasteiger partial charge in [-0.15, -0.1) is 0 Å². The van der Waals surface area contributed by atoms with Gasteiger partial charge in [-0.25, -0.2) is 4.99 Å². The van der Waals surface area contributed by atoms with Crippen molar-refractivity contribution in [3.8, 4) is 0 Å². The maximum Gasteiger partial charge on any atom is 0.416 e. The maximum atomic E-state index is 12.4. The predicted octanol–water partition coefficient (Wildman–Crippen LogP) is 3.96. The Hall–Kier alpha value is -0.940. The number of alkyl halides is 4. The summed E-state index contributed by atoms with van der Waals surface area (Å²) in [6.07, 6.45) is -4.39. The SMILES string of the molecule is FC(F)(F)c1ccc2c(c1)NC(Cl)=N[C@H]2Cl. The number of nitrogens with zero attached hydrogens (tertiary/aromatic N) is 1. The number of benzene rings is 1. The summed E-state index contributed by atoms with van der Waals surface area (Å²) < 4.78 is 37.3. The summed E-state index contributed by atoms with van der Waals surface area (Å²) >= 11 is 11.4. The summed E-state index contributed by atoms with van der Waals surface area (Å²) in [6, 6.07) is 3.21. The maximum absolute atomic E-state index is 12.4. The van der Waals surface area contributed by atoms with Crippen LogP contribution in [0.15, 0.2) is 23.2 Å². The van der Waals surface area contributed by atoms with Crippen molar-refractivity contribution in [1.82, 2.24) is 0 Å². The summed E-state index contributed by atoms with van der Waals surface area (Å²) in [5.41, 5.74) is -0.811. The summed E-state index contributed by atoms with van der Waals surface area (Å²) in [6.45, 7) is 0. The highest BCUT2D eigenvalue weighted by Gasteiger charge is 2.32. The Labute approximate surface area is 99.1 Å². The van der Waals surface area contributed by atoms with Crippen molar-refractivity contribution in [2.45, 2.75) is 11.7 Å². The van der Waals surface area contributed by atoms with Gasteiger partial charge in [-0.2, -0.15) is 13.2 Å². The number of anilines is 1. The first-order chi connectivity index (χ1) is 7.38. The van der Waals surface area contributed by atoms with E-state index in [-0.39, 0.29) is 11.0 Å². The van der Waals surface area contributed by atoms with Gasteiger partial charge >= 0.3 is 6.18 Å². The molecule has 0 saturated heterocycles. The van der Waals surface area contributed by atoms with Crippen molar-refractivity contribution in [2.24, 2.45) is 4.99 Å². The summed E-state index contributed by atoms with van der Waals surface area (Å²) in [7, 11) is 0. The van der Waals surface area contributed by atoms with E-state index in [9.17, 15) is 13.2 Å². The highest BCUT2D eigenvalue weighted by atomic mass is 35.5. The molecule has 1 aromatic rings. The molecule has 1 atom stereocenters. The van der Waals surface area contributed by atoms with Crippen LogP contribution in [-0.2, 0) is 6.18 Å². The van der Waals surface area contributed by atoms with Crippen molar-refractivity contribution in [3.05, 3.63) is 29.3 Å². The third kappa shape index (κ3) is 2.10. The standard InChI is InChI=1S/C9H5Cl2F3N2/c10-7-5-2-1-4(9(12,13)14)3-6(5)15-8(11)16-7/h1-3,7H,(H,15,16)/t7-/m1/s1. The Balaban J connectivity index is 2.46. The number of aliphatic imine (C=N–C) groups is 1. The van der Waals surface area contributed by atoms with Crippen LogP contribution in [0.1, 0.15) is 16.6 Å². The van der Waals surface area contributed by atoms with Crippen molar-refractivity contribution in [2.75, 3.05) is 5.32 Å². The summed E-state index contributed by atoms with van der Waals surface area (Å²) in [4.78, 5) is 3.77. The molecule has 1 aromatic carbocycles. The van der Waals surface area contributed by atoms with Gasteiger partial charge in [-0.1, -0.05) is 17.7 Å². The van der Waals surface area contributed by atoms with E-state index in [1.165, 1.54) is 6.07 Å². The van der Waals surface area contributed by atoms with Crippen LogP contribution in [0.25, 0.3) is 0 Å². The van der Waals surface area contributed by atoms with Gasteiger partial charge in [0.2, 0.25) is 0 Å². The molecular formula is C9H5Cl2F3N2. The largest absolute Gasteiger partial charge is 0.416 e. The minimum atomic E-state index is -4.39. The second-order valence-electron chi connectivity index (χ2n) is 3.18. The molecule has 7 heteroatoms. The molecule has 0 aromatic heterocycles. The van der Waals surface area contributed by atoms with Crippen LogP contribution in [0, 0.1) is 0 Å². The zero-order chi connectivity index (χ0) is 11.9. The van der Waals surface area contributed by atoms with E-state index in [2.05, 4.69) is 10.3 Å². The fourth-order valence-corrected chi connectivity index (χ4v) is 1.90. The number of nitrogens with one attached hydrogen (secondary N) is 1. The molecular weight excluding hydrogens is 264 g/mol. The fraction of sp³-hybridized carbons (Fsp3) is 0.222. The van der Waals surface area contributed by atoms with Gasteiger partial charge in [0.15, 0.2) is 10.8 Å². The van der Waals surface area contributed by atoms with Crippen LogP contribution >= 0.6 is 23.2 Å².